The van der Waals surface area contributed by atoms with Crippen molar-refractivity contribution in [2.24, 2.45) is 0 Å². The van der Waals surface area contributed by atoms with E-state index in [-0.39, 0.29) is 22.9 Å². The number of rotatable bonds is 5. The molecule has 0 bridgehead atoms. The number of hydrogen-bond acceptors (Lipinski definition) is 5. The van der Waals surface area contributed by atoms with Crippen LogP contribution in [0.4, 0.5) is 4.39 Å². The molecule has 5 nitrogen and oxygen atoms in total. The van der Waals surface area contributed by atoms with E-state index in [2.05, 4.69) is 4.98 Å². The van der Waals surface area contributed by atoms with Crippen LogP contribution in [0.3, 0.4) is 0 Å². The van der Waals surface area contributed by atoms with Crippen molar-refractivity contribution >= 4 is 28.5 Å². The lowest BCUT2D eigenvalue weighted by Crippen LogP contribution is -2.06. The van der Waals surface area contributed by atoms with E-state index in [1.807, 2.05) is 0 Å². The van der Waals surface area contributed by atoms with Gasteiger partial charge in [-0.3, -0.25) is 0 Å². The van der Waals surface area contributed by atoms with Crippen LogP contribution in [0, 0.1) is 5.82 Å². The fourth-order valence-corrected chi connectivity index (χ4v) is 2.67. The summed E-state index contributed by atoms with van der Waals surface area (Å²) in [5.74, 6) is -0.134. The van der Waals surface area contributed by atoms with E-state index >= 15 is 0 Å². The molecule has 26 heavy (non-hydrogen) atoms. The molecule has 134 valence electrons. The van der Waals surface area contributed by atoms with Crippen molar-refractivity contribution in [1.29, 1.82) is 0 Å². The molecule has 0 aliphatic carbocycles. The number of carbonyl (C=O) groups excluding carboxylic acids is 1. The van der Waals surface area contributed by atoms with Gasteiger partial charge >= 0.3 is 5.97 Å². The molecule has 7 heteroatoms. The Morgan fingerprint density at radius 3 is 2.69 bits per heavy atom. The Morgan fingerprint density at radius 1 is 1.19 bits per heavy atom. The topological polar surface area (TPSA) is 57.7 Å². The minimum Gasteiger partial charge on any atom is -0.497 e. The molecule has 1 heterocycles. The predicted octanol–water partition coefficient (Wildman–Crippen LogP) is 4.40. The van der Waals surface area contributed by atoms with Crippen LogP contribution in [0.25, 0.3) is 10.9 Å². The normalized spacial score (nSPS) is 10.6. The zero-order chi connectivity index (χ0) is 18.7. The zero-order valence-corrected chi connectivity index (χ0v) is 14.8. The minimum absolute atomic E-state index is 0.0831. The van der Waals surface area contributed by atoms with Crippen LogP contribution in [0.1, 0.15) is 16.1 Å². The fourth-order valence-electron chi connectivity index (χ4n) is 2.45. The van der Waals surface area contributed by atoms with Crippen molar-refractivity contribution in [3.63, 3.8) is 0 Å². The fraction of sp³-hybridized carbons (Fsp3) is 0.158. The summed E-state index contributed by atoms with van der Waals surface area (Å²) in [6.07, 6.45) is 0. The van der Waals surface area contributed by atoms with Crippen LogP contribution in [0.15, 0.2) is 42.5 Å². The van der Waals surface area contributed by atoms with Gasteiger partial charge in [0.25, 0.3) is 0 Å². The minimum atomic E-state index is -0.600. The second-order valence-electron chi connectivity index (χ2n) is 5.37. The molecular weight excluding hydrogens is 361 g/mol. The number of aromatic nitrogens is 1. The van der Waals surface area contributed by atoms with Crippen LogP contribution in [-0.4, -0.2) is 25.2 Å². The monoisotopic (exact) mass is 375 g/mol. The Balaban J connectivity index is 2.05. The highest BCUT2D eigenvalue weighted by Crippen LogP contribution is 2.31. The van der Waals surface area contributed by atoms with Crippen molar-refractivity contribution in [2.45, 2.75) is 6.61 Å². The van der Waals surface area contributed by atoms with Gasteiger partial charge in [0, 0.05) is 17.0 Å². The van der Waals surface area contributed by atoms with Gasteiger partial charge in [-0.1, -0.05) is 17.7 Å². The van der Waals surface area contributed by atoms with Gasteiger partial charge in [0.1, 0.15) is 23.9 Å². The van der Waals surface area contributed by atoms with E-state index < -0.39 is 11.8 Å². The van der Waals surface area contributed by atoms with Crippen molar-refractivity contribution in [3.8, 4) is 11.5 Å². The van der Waals surface area contributed by atoms with Crippen molar-refractivity contribution in [2.75, 3.05) is 14.2 Å². The summed E-state index contributed by atoms with van der Waals surface area (Å²) >= 11 is 6.04. The number of ether oxygens (including phenoxy) is 3. The Hall–Kier alpha value is -2.86. The Labute approximate surface area is 154 Å². The Morgan fingerprint density at radius 2 is 2.00 bits per heavy atom. The maximum Gasteiger partial charge on any atom is 0.356 e. The summed E-state index contributed by atoms with van der Waals surface area (Å²) in [5, 5.41) is 0.874. The van der Waals surface area contributed by atoms with Crippen LogP contribution >= 0.6 is 11.6 Å². The Kier molecular flexibility index (Phi) is 5.23. The van der Waals surface area contributed by atoms with E-state index in [0.717, 1.165) is 0 Å². The number of halogens is 2. The summed E-state index contributed by atoms with van der Waals surface area (Å²) in [4.78, 5) is 16.1. The molecule has 0 fully saturated rings. The van der Waals surface area contributed by atoms with Gasteiger partial charge in [0.05, 0.1) is 24.8 Å². The summed E-state index contributed by atoms with van der Waals surface area (Å²) in [6.45, 7) is -0.109. The van der Waals surface area contributed by atoms with Crippen molar-refractivity contribution in [1.82, 2.24) is 4.98 Å². The molecule has 3 rings (SSSR count). The summed E-state index contributed by atoms with van der Waals surface area (Å²) in [6, 6.07) is 11.0. The van der Waals surface area contributed by atoms with Gasteiger partial charge in [0.15, 0.2) is 5.69 Å². The highest BCUT2D eigenvalue weighted by Gasteiger charge is 2.15. The molecule has 0 radical (unpaired) electrons. The Bertz CT molecular complexity index is 957. The first-order valence-corrected chi connectivity index (χ1v) is 8.04. The highest BCUT2D eigenvalue weighted by molar-refractivity contribution is 6.31. The number of fused-ring (bicyclic) bond motifs is 1. The van der Waals surface area contributed by atoms with Crippen LogP contribution in [0.5, 0.6) is 11.5 Å². The number of benzene rings is 2. The average Bonchev–Trinajstić information content (AvgIpc) is 2.66. The molecule has 1 aromatic heterocycles. The number of esters is 1. The lowest BCUT2D eigenvalue weighted by molar-refractivity contribution is 0.0594. The molecule has 0 atom stereocenters. The maximum atomic E-state index is 14.0. The summed E-state index contributed by atoms with van der Waals surface area (Å²) in [5.41, 5.74) is 0.824. The molecule has 0 spiro atoms. The average molecular weight is 376 g/mol. The summed E-state index contributed by atoms with van der Waals surface area (Å²) in [7, 11) is 2.80. The highest BCUT2D eigenvalue weighted by atomic mass is 35.5. The van der Waals surface area contributed by atoms with Gasteiger partial charge < -0.3 is 14.2 Å². The smallest absolute Gasteiger partial charge is 0.356 e. The molecule has 0 aliphatic rings. The first-order chi connectivity index (χ1) is 12.5. The van der Waals surface area contributed by atoms with E-state index in [4.69, 9.17) is 25.8 Å². The number of pyridine rings is 1. The predicted molar refractivity (Wildman–Crippen MR) is 95.4 cm³/mol. The van der Waals surface area contributed by atoms with Crippen molar-refractivity contribution < 1.29 is 23.4 Å². The molecule has 0 amide bonds. The number of methoxy groups -OCH3 is 2. The van der Waals surface area contributed by atoms with E-state index in [0.29, 0.717) is 22.4 Å². The van der Waals surface area contributed by atoms with E-state index in [9.17, 15) is 9.18 Å². The number of hydrogen-bond donors (Lipinski definition) is 0. The van der Waals surface area contributed by atoms with E-state index in [1.54, 1.807) is 24.3 Å². The third kappa shape index (κ3) is 3.55. The second kappa shape index (κ2) is 7.58. The third-order valence-corrected chi connectivity index (χ3v) is 4.16. The van der Waals surface area contributed by atoms with Crippen molar-refractivity contribution in [3.05, 3.63) is 64.6 Å². The van der Waals surface area contributed by atoms with Gasteiger partial charge in [-0.05, 0) is 30.3 Å². The maximum absolute atomic E-state index is 14.0. The second-order valence-corrected chi connectivity index (χ2v) is 5.78. The largest absolute Gasteiger partial charge is 0.497 e. The lowest BCUT2D eigenvalue weighted by atomic mass is 10.1. The van der Waals surface area contributed by atoms with E-state index in [1.165, 1.54) is 32.4 Å². The quantitative estimate of drug-likeness (QED) is 0.618. The molecule has 3 aromatic rings. The molecule has 0 unspecified atom stereocenters. The van der Waals surface area contributed by atoms with Crippen LogP contribution in [-0.2, 0) is 11.3 Å². The molecule has 0 aliphatic heterocycles. The van der Waals surface area contributed by atoms with Gasteiger partial charge in [0.2, 0.25) is 0 Å². The lowest BCUT2D eigenvalue weighted by Gasteiger charge is -2.13. The van der Waals surface area contributed by atoms with Gasteiger partial charge in [-0.15, -0.1) is 0 Å². The molecule has 0 saturated heterocycles. The SMILES string of the molecule is COC(=O)c1cc(OCc2c(F)cccc2Cl)c2cc(OC)ccc2n1. The molecule has 2 aromatic carbocycles. The van der Waals surface area contributed by atoms with Crippen LogP contribution < -0.4 is 9.47 Å². The first-order valence-electron chi connectivity index (χ1n) is 7.66. The first kappa shape index (κ1) is 17.9. The standard InChI is InChI=1S/C19H15ClFNO4/c1-24-11-6-7-16-12(8-11)18(9-17(22-16)19(23)25-2)26-10-13-14(20)4-3-5-15(13)21/h3-9H,10H2,1-2H3. The number of carbonyl (C=O) groups is 1. The molecule has 0 N–H and O–H groups in total. The number of nitrogens with zero attached hydrogens (tertiary/aromatic N) is 1. The van der Waals surface area contributed by atoms with Crippen LogP contribution in [0.2, 0.25) is 5.02 Å². The zero-order valence-electron chi connectivity index (χ0n) is 14.1. The summed E-state index contributed by atoms with van der Waals surface area (Å²) < 4.78 is 29.7. The molecule has 0 saturated carbocycles. The van der Waals surface area contributed by atoms with Gasteiger partial charge in [-0.2, -0.15) is 0 Å². The third-order valence-electron chi connectivity index (χ3n) is 3.81. The molecular formula is C19H15ClFNO4. The van der Waals surface area contributed by atoms with Gasteiger partial charge in [-0.25, -0.2) is 14.2 Å².